The molecular formula is C24H25N7O6S. The van der Waals surface area contributed by atoms with Crippen molar-refractivity contribution in [2.75, 3.05) is 31.5 Å². The number of nitrogens with one attached hydrogen (secondary N) is 1. The molecule has 5 rings (SSSR count). The van der Waals surface area contributed by atoms with Crippen molar-refractivity contribution in [1.82, 2.24) is 23.8 Å². The third kappa shape index (κ3) is 4.86. The van der Waals surface area contributed by atoms with Crippen molar-refractivity contribution in [2.24, 2.45) is 4.99 Å². The van der Waals surface area contributed by atoms with Gasteiger partial charge in [-0.15, -0.1) is 0 Å². The number of ether oxygens (including phenoxy) is 2. The second-order valence-electron chi connectivity index (χ2n) is 8.38. The number of aliphatic hydroxyl groups is 1. The zero-order valence-electron chi connectivity index (χ0n) is 20.6. The first-order valence-electron chi connectivity index (χ1n) is 11.8. The van der Waals surface area contributed by atoms with Crippen molar-refractivity contribution >= 4 is 38.9 Å². The highest BCUT2D eigenvalue weighted by atomic mass is 32.2. The normalized spacial score (nSPS) is 16.4. The number of methoxy groups -OCH3 is 1. The number of hydrogen-bond acceptors (Lipinski definition) is 10. The highest BCUT2D eigenvalue weighted by Crippen LogP contribution is 2.36. The predicted octanol–water partition coefficient (Wildman–Crippen LogP) is 1.74. The number of benzene rings is 1. The number of fused-ring (bicyclic) bond motifs is 1. The van der Waals surface area contributed by atoms with Gasteiger partial charge >= 0.3 is 10.2 Å². The van der Waals surface area contributed by atoms with Gasteiger partial charge in [-0.1, -0.05) is 11.8 Å². The molecule has 13 nitrogen and oxygen atoms in total. The van der Waals surface area contributed by atoms with Crippen LogP contribution in [0.25, 0.3) is 22.7 Å². The van der Waals surface area contributed by atoms with Gasteiger partial charge in [-0.2, -0.15) is 12.7 Å². The Balaban J connectivity index is 1.66. The van der Waals surface area contributed by atoms with Crippen LogP contribution in [-0.4, -0.2) is 81.3 Å². The summed E-state index contributed by atoms with van der Waals surface area (Å²) in [5, 5.41) is 20.6. The van der Waals surface area contributed by atoms with Gasteiger partial charge in [-0.05, 0) is 37.6 Å². The van der Waals surface area contributed by atoms with Crippen molar-refractivity contribution in [1.29, 1.82) is 0 Å². The van der Waals surface area contributed by atoms with Gasteiger partial charge in [0.2, 0.25) is 5.90 Å². The van der Waals surface area contributed by atoms with E-state index in [2.05, 4.69) is 36.1 Å². The Morgan fingerprint density at radius 2 is 2.03 bits per heavy atom. The molecule has 3 N–H and O–H groups in total. The van der Waals surface area contributed by atoms with Gasteiger partial charge in [-0.3, -0.25) is 9.29 Å². The minimum Gasteiger partial charge on any atom is -0.506 e. The molecular weight excluding hydrogens is 514 g/mol. The first-order chi connectivity index (χ1) is 18.3. The molecule has 4 heterocycles. The molecule has 1 aromatic carbocycles. The Morgan fingerprint density at radius 3 is 2.76 bits per heavy atom. The fourth-order valence-corrected chi connectivity index (χ4v) is 5.30. The zero-order valence-corrected chi connectivity index (χ0v) is 21.4. The Morgan fingerprint density at radius 1 is 1.24 bits per heavy atom. The fourth-order valence-electron chi connectivity index (χ4n) is 4.12. The standard InChI is InChI=1S/C24H25N7O6S/c1-3-37-20-9-4-6-16(26-20)23-28-22-24(31(23)21-17(33)7-5-8-18(21)36-2)27-19(14-25-22)29-38(34,35)30-12-10-15(32)11-13-30/h5,7-9,14-15,32-33H,3,10-13H2,1-2H3,(H,27,29). The number of para-hydroxylation sites is 1. The van der Waals surface area contributed by atoms with E-state index in [1.54, 1.807) is 12.1 Å². The summed E-state index contributed by atoms with van der Waals surface area (Å²) in [4.78, 5) is 17.8. The summed E-state index contributed by atoms with van der Waals surface area (Å²) in [7, 11) is -2.51. The molecule has 0 atom stereocenters. The topological polar surface area (TPSA) is 164 Å². The summed E-state index contributed by atoms with van der Waals surface area (Å²) in [6, 6.07) is 4.73. The number of rotatable bonds is 7. The monoisotopic (exact) mass is 539 g/mol. The molecule has 2 aliphatic rings. The molecule has 198 valence electrons. The van der Waals surface area contributed by atoms with E-state index in [-0.39, 0.29) is 53.2 Å². The van der Waals surface area contributed by atoms with E-state index in [0.29, 0.717) is 31.1 Å². The molecule has 0 bridgehead atoms. The number of anilines is 1. The molecule has 1 fully saturated rings. The molecule has 0 saturated carbocycles. The highest BCUT2D eigenvalue weighted by Gasteiger charge is 2.29. The lowest BCUT2D eigenvalue weighted by atomic mass is 10.1. The lowest BCUT2D eigenvalue weighted by Crippen LogP contribution is -2.43. The van der Waals surface area contributed by atoms with Crippen molar-refractivity contribution in [3.8, 4) is 17.2 Å². The van der Waals surface area contributed by atoms with E-state index >= 15 is 0 Å². The number of aliphatic imine (C=N–C) groups is 1. The van der Waals surface area contributed by atoms with Crippen LogP contribution in [0.5, 0.6) is 11.5 Å². The van der Waals surface area contributed by atoms with E-state index in [1.807, 2.05) is 6.92 Å². The maximum Gasteiger partial charge on any atom is 0.302 e. The summed E-state index contributed by atoms with van der Waals surface area (Å²) in [5.41, 5.74) is 6.46. The van der Waals surface area contributed by atoms with Crippen LogP contribution in [-0.2, 0) is 14.9 Å². The van der Waals surface area contributed by atoms with Crippen LogP contribution in [0.1, 0.15) is 25.6 Å². The quantitative estimate of drug-likeness (QED) is 0.379. The molecule has 0 aliphatic carbocycles. The molecule has 0 amide bonds. The zero-order chi connectivity index (χ0) is 26.9. The number of phenols is 1. The van der Waals surface area contributed by atoms with Crippen LogP contribution in [0.3, 0.4) is 0 Å². The summed E-state index contributed by atoms with van der Waals surface area (Å²) < 4.78 is 42.1. The van der Waals surface area contributed by atoms with Crippen LogP contribution in [0, 0.1) is 0 Å². The van der Waals surface area contributed by atoms with Crippen molar-refractivity contribution < 1.29 is 28.1 Å². The van der Waals surface area contributed by atoms with Crippen LogP contribution < -0.4 is 9.46 Å². The molecule has 38 heavy (non-hydrogen) atoms. The van der Waals surface area contributed by atoms with Gasteiger partial charge in [0, 0.05) is 13.1 Å². The lowest BCUT2D eigenvalue weighted by Gasteiger charge is -2.28. The Labute approximate surface area is 218 Å². The highest BCUT2D eigenvalue weighted by molar-refractivity contribution is 7.90. The van der Waals surface area contributed by atoms with E-state index in [0.717, 1.165) is 0 Å². The maximum atomic E-state index is 13.0. The maximum absolute atomic E-state index is 13.0. The summed E-state index contributed by atoms with van der Waals surface area (Å²) in [5.74, 6) is 0.592. The molecule has 1 saturated heterocycles. The first-order valence-corrected chi connectivity index (χ1v) is 13.3. The number of piperidine rings is 1. The number of imidazole rings is 1. The van der Waals surface area contributed by atoms with Gasteiger partial charge < -0.3 is 19.7 Å². The molecule has 3 aromatic rings. The number of nitrogens with zero attached hydrogens (tertiary/aromatic N) is 6. The van der Waals surface area contributed by atoms with Gasteiger partial charge in [-0.25, -0.2) is 19.9 Å². The Hall–Kier alpha value is -4.19. The van der Waals surface area contributed by atoms with E-state index in [9.17, 15) is 18.6 Å². The average Bonchev–Trinajstić information content (AvgIpc) is 3.27. The van der Waals surface area contributed by atoms with Crippen molar-refractivity contribution in [2.45, 2.75) is 25.9 Å². The molecule has 0 spiro atoms. The van der Waals surface area contributed by atoms with E-state index in [4.69, 9.17) is 9.47 Å². The van der Waals surface area contributed by atoms with Crippen LogP contribution in [0.2, 0.25) is 0 Å². The van der Waals surface area contributed by atoms with Gasteiger partial charge in [0.25, 0.3) is 0 Å². The molecule has 14 heteroatoms. The Bertz CT molecular complexity index is 1630. The number of aliphatic hydroxyl groups excluding tert-OH is 1. The van der Waals surface area contributed by atoms with Crippen LogP contribution >= 0.6 is 0 Å². The van der Waals surface area contributed by atoms with Gasteiger partial charge in [0.05, 0.1) is 32.1 Å². The summed E-state index contributed by atoms with van der Waals surface area (Å²) in [6.07, 6.45) is 2.94. The number of phenolic OH excluding ortho intramolecular Hbond substituents is 1. The van der Waals surface area contributed by atoms with Crippen LogP contribution in [0.4, 0.5) is 5.82 Å². The third-order valence-electron chi connectivity index (χ3n) is 5.90. The van der Waals surface area contributed by atoms with E-state index in [1.165, 1.54) is 34.3 Å². The van der Waals surface area contributed by atoms with Crippen molar-refractivity contribution in [3.63, 3.8) is 0 Å². The number of aromatic hydroxyl groups is 1. The second-order valence-corrected chi connectivity index (χ2v) is 10.1. The van der Waals surface area contributed by atoms with E-state index < -0.39 is 16.3 Å². The lowest BCUT2D eigenvalue weighted by molar-refractivity contribution is 0.113. The second kappa shape index (κ2) is 10.3. The molecule has 0 radical (unpaired) electrons. The van der Waals surface area contributed by atoms with Gasteiger partial charge in [0.1, 0.15) is 17.2 Å². The number of aromatic nitrogens is 4. The average molecular weight is 540 g/mol. The minimum absolute atomic E-state index is 0.0581. The number of hydrogen-bond donors (Lipinski definition) is 3. The minimum atomic E-state index is -3.96. The molecule has 2 aromatic heterocycles. The molecule has 2 aliphatic heterocycles. The van der Waals surface area contributed by atoms with Gasteiger partial charge in [0.15, 0.2) is 28.6 Å². The van der Waals surface area contributed by atoms with Crippen LogP contribution in [0.15, 0.2) is 46.9 Å². The fraction of sp³-hybridized carbons (Fsp3) is 0.333. The summed E-state index contributed by atoms with van der Waals surface area (Å²) >= 11 is 0. The largest absolute Gasteiger partial charge is 0.506 e. The van der Waals surface area contributed by atoms with Crippen molar-refractivity contribution in [3.05, 3.63) is 47.8 Å². The SMILES string of the molecule is CCOC1=NC(c2nc3ncc(NS(=O)(=O)N4CCC(O)CC4)nc3n2-c2c(O)cccc2OC)=C=C=C1. The Kier molecular flexibility index (Phi) is 6.89. The third-order valence-corrected chi connectivity index (χ3v) is 7.41. The summed E-state index contributed by atoms with van der Waals surface area (Å²) in [6.45, 7) is 2.56. The first kappa shape index (κ1) is 25.5. The predicted molar refractivity (Wildman–Crippen MR) is 138 cm³/mol. The smallest absolute Gasteiger partial charge is 0.302 e. The molecule has 0 unspecified atom stereocenters.